The van der Waals surface area contributed by atoms with E-state index in [0.29, 0.717) is 12.4 Å². The number of benzene rings is 1. The summed E-state index contributed by atoms with van der Waals surface area (Å²) in [6.07, 6.45) is 2.42. The van der Waals surface area contributed by atoms with Gasteiger partial charge in [0.1, 0.15) is 28.2 Å². The average molecular weight is 465 g/mol. The molecule has 0 fully saturated rings. The lowest BCUT2D eigenvalue weighted by Crippen LogP contribution is -2.45. The Morgan fingerprint density at radius 3 is 2.52 bits per heavy atom. The SMILES string of the molecule is CS(=O)Nc1ccc2c(c1)PNC(C1=C(O)[C@H](C(C)(C)C)N(CCC(C)(C)C)C1=O)=N2. The molecule has 0 aromatic heterocycles. The lowest BCUT2D eigenvalue weighted by molar-refractivity contribution is -0.128. The fraction of sp³-hybridized carbons (Fsp3) is 0.545. The van der Waals surface area contributed by atoms with Gasteiger partial charge in [-0.25, -0.2) is 9.20 Å². The van der Waals surface area contributed by atoms with Crippen LogP contribution in [0.5, 0.6) is 0 Å². The summed E-state index contributed by atoms with van der Waals surface area (Å²) in [4.78, 5) is 19.9. The van der Waals surface area contributed by atoms with Gasteiger partial charge in [-0.05, 0) is 35.4 Å². The zero-order valence-corrected chi connectivity index (χ0v) is 21.1. The standard InChI is InChI=1S/C22H33N4O3PS/c1-21(2,3)10-11-26-18(22(4,5)6)17(27)16(20(26)28)19-23-14-9-8-13(25-31(7)29)12-15(14)30-24-19/h8-9,12,18,25,27,30H,10-11H2,1-7H3,(H,23,24)/t18-,31?/m1/s1. The smallest absolute Gasteiger partial charge is 0.261 e. The molecule has 1 aromatic rings. The lowest BCUT2D eigenvalue weighted by Gasteiger charge is -2.36. The second-order valence-corrected chi connectivity index (χ2v) is 12.5. The van der Waals surface area contributed by atoms with Crippen LogP contribution in [0.2, 0.25) is 0 Å². The third kappa shape index (κ3) is 5.29. The first-order valence-electron chi connectivity index (χ1n) is 10.4. The van der Waals surface area contributed by atoms with E-state index in [4.69, 9.17) is 0 Å². The number of rotatable bonds is 5. The number of aliphatic imine (C=N–C) groups is 1. The quantitative estimate of drug-likeness (QED) is 0.579. The molecule has 3 rings (SSSR count). The van der Waals surface area contributed by atoms with Crippen LogP contribution in [0.1, 0.15) is 48.0 Å². The van der Waals surface area contributed by atoms with E-state index in [-0.39, 0.29) is 36.8 Å². The summed E-state index contributed by atoms with van der Waals surface area (Å²) in [6.45, 7) is 13.1. The first kappa shape index (κ1) is 23.7. The van der Waals surface area contributed by atoms with Crippen LogP contribution in [0.4, 0.5) is 11.4 Å². The number of fused-ring (bicyclic) bond motifs is 1. The zero-order chi connectivity index (χ0) is 23.1. The first-order valence-corrected chi connectivity index (χ1v) is 12.9. The van der Waals surface area contributed by atoms with Gasteiger partial charge in [0.2, 0.25) is 0 Å². The largest absolute Gasteiger partial charge is 0.509 e. The van der Waals surface area contributed by atoms with Gasteiger partial charge in [-0.2, -0.15) is 0 Å². The predicted octanol–water partition coefficient (Wildman–Crippen LogP) is 3.75. The number of carbonyl (C=O) groups is 1. The summed E-state index contributed by atoms with van der Waals surface area (Å²) in [6, 6.07) is 5.17. The Labute approximate surface area is 189 Å². The second kappa shape index (κ2) is 8.55. The molecule has 0 saturated heterocycles. The van der Waals surface area contributed by atoms with Crippen molar-refractivity contribution in [3.05, 3.63) is 29.5 Å². The van der Waals surface area contributed by atoms with Gasteiger partial charge in [-0.15, -0.1) is 0 Å². The summed E-state index contributed by atoms with van der Waals surface area (Å²) in [7, 11) is -0.976. The van der Waals surface area contributed by atoms with Gasteiger partial charge in [0.25, 0.3) is 5.91 Å². The summed E-state index contributed by atoms with van der Waals surface area (Å²) >= 11 is 0. The number of hydrogen-bond donors (Lipinski definition) is 3. The summed E-state index contributed by atoms with van der Waals surface area (Å²) in [5, 5.41) is 15.3. The Kier molecular flexibility index (Phi) is 6.55. The molecule has 170 valence electrons. The van der Waals surface area contributed by atoms with Gasteiger partial charge in [0, 0.05) is 32.5 Å². The molecule has 2 unspecified atom stereocenters. The Bertz CT molecular complexity index is 976. The second-order valence-electron chi connectivity index (χ2n) is 10.3. The molecule has 1 aromatic carbocycles. The number of nitrogens with one attached hydrogen (secondary N) is 2. The number of nitrogens with zero attached hydrogens (tertiary/aromatic N) is 2. The van der Waals surface area contributed by atoms with E-state index < -0.39 is 17.0 Å². The summed E-state index contributed by atoms with van der Waals surface area (Å²) in [5.41, 5.74) is 1.53. The topological polar surface area (TPSA) is 94.0 Å². The molecule has 31 heavy (non-hydrogen) atoms. The highest BCUT2D eigenvalue weighted by molar-refractivity contribution is 7.85. The van der Waals surface area contributed by atoms with Crippen LogP contribution in [-0.2, 0) is 15.8 Å². The highest BCUT2D eigenvalue weighted by Gasteiger charge is 2.47. The van der Waals surface area contributed by atoms with Crippen LogP contribution in [0, 0.1) is 10.8 Å². The van der Waals surface area contributed by atoms with Crippen LogP contribution in [0.15, 0.2) is 34.5 Å². The number of aliphatic hydroxyl groups excluding tert-OH is 1. The van der Waals surface area contributed by atoms with Crippen LogP contribution in [0.25, 0.3) is 0 Å². The fourth-order valence-electron chi connectivity index (χ4n) is 3.80. The van der Waals surface area contributed by atoms with E-state index >= 15 is 0 Å². The Morgan fingerprint density at radius 1 is 1.26 bits per heavy atom. The number of amides is 1. The molecule has 2 aliphatic heterocycles. The van der Waals surface area contributed by atoms with E-state index in [2.05, 4.69) is 35.6 Å². The van der Waals surface area contributed by atoms with Crippen molar-refractivity contribution >= 4 is 48.1 Å². The van der Waals surface area contributed by atoms with Crippen LogP contribution in [-0.4, -0.2) is 44.8 Å². The number of anilines is 1. The lowest BCUT2D eigenvalue weighted by atomic mass is 9.84. The Balaban J connectivity index is 1.95. The van der Waals surface area contributed by atoms with E-state index in [1.54, 1.807) is 11.2 Å². The molecule has 3 atom stereocenters. The van der Waals surface area contributed by atoms with Crippen LogP contribution >= 0.6 is 8.73 Å². The number of hydrogen-bond acceptors (Lipinski definition) is 5. The van der Waals surface area contributed by atoms with Crippen molar-refractivity contribution < 1.29 is 14.1 Å². The molecule has 0 bridgehead atoms. The average Bonchev–Trinajstić information content (AvgIpc) is 2.88. The summed E-state index contributed by atoms with van der Waals surface area (Å²) in [5.74, 6) is 0.326. The van der Waals surface area contributed by atoms with Gasteiger partial charge >= 0.3 is 0 Å². The Hall–Kier alpha value is -1.92. The number of carbonyl (C=O) groups excluding carboxylic acids is 1. The highest BCUT2D eigenvalue weighted by atomic mass is 32.2. The van der Waals surface area contributed by atoms with Crippen molar-refractivity contribution in [1.29, 1.82) is 0 Å². The van der Waals surface area contributed by atoms with Crippen molar-refractivity contribution in [1.82, 2.24) is 9.99 Å². The number of aliphatic hydroxyl groups is 1. The van der Waals surface area contributed by atoms with Gasteiger partial charge in [-0.3, -0.25) is 4.79 Å². The van der Waals surface area contributed by atoms with Gasteiger partial charge in [0.05, 0.1) is 11.7 Å². The molecule has 0 saturated carbocycles. The van der Waals surface area contributed by atoms with Crippen molar-refractivity contribution in [3.8, 4) is 0 Å². The van der Waals surface area contributed by atoms with Crippen LogP contribution < -0.4 is 15.1 Å². The molecular weight excluding hydrogens is 431 g/mol. The number of amidine groups is 1. The molecule has 2 aliphatic rings. The predicted molar refractivity (Wildman–Crippen MR) is 131 cm³/mol. The minimum atomic E-state index is -1.15. The van der Waals surface area contributed by atoms with E-state index in [9.17, 15) is 14.1 Å². The van der Waals surface area contributed by atoms with Crippen molar-refractivity contribution in [2.24, 2.45) is 15.8 Å². The monoisotopic (exact) mass is 464 g/mol. The maximum absolute atomic E-state index is 13.4. The Morgan fingerprint density at radius 2 is 1.94 bits per heavy atom. The van der Waals surface area contributed by atoms with Crippen molar-refractivity contribution in [2.75, 3.05) is 17.5 Å². The van der Waals surface area contributed by atoms with Crippen molar-refractivity contribution in [2.45, 2.75) is 54.0 Å². The minimum absolute atomic E-state index is 0.0793. The fourth-order valence-corrected chi connectivity index (χ4v) is 5.19. The zero-order valence-electron chi connectivity index (χ0n) is 19.3. The minimum Gasteiger partial charge on any atom is -0.509 e. The maximum atomic E-state index is 13.4. The molecule has 7 nitrogen and oxygen atoms in total. The van der Waals surface area contributed by atoms with Crippen LogP contribution in [0.3, 0.4) is 0 Å². The molecule has 1 amide bonds. The molecule has 0 aliphatic carbocycles. The van der Waals surface area contributed by atoms with Gasteiger partial charge in [-0.1, -0.05) is 41.5 Å². The molecule has 2 heterocycles. The molecule has 0 spiro atoms. The van der Waals surface area contributed by atoms with Crippen molar-refractivity contribution in [3.63, 3.8) is 0 Å². The summed E-state index contributed by atoms with van der Waals surface area (Å²) < 4.78 is 14.3. The molecule has 9 heteroatoms. The molecule has 3 N–H and O–H groups in total. The van der Waals surface area contributed by atoms with E-state index in [1.165, 1.54) is 0 Å². The normalized spacial score (nSPS) is 21.1. The van der Waals surface area contributed by atoms with Gasteiger partial charge < -0.3 is 19.8 Å². The highest BCUT2D eigenvalue weighted by Crippen LogP contribution is 2.39. The first-order chi connectivity index (χ1) is 14.3. The van der Waals surface area contributed by atoms with E-state index in [1.807, 2.05) is 39.0 Å². The van der Waals surface area contributed by atoms with Gasteiger partial charge in [0.15, 0.2) is 0 Å². The molecule has 0 radical (unpaired) electrons. The molecular formula is C22H33N4O3PS. The van der Waals surface area contributed by atoms with E-state index in [0.717, 1.165) is 23.1 Å². The third-order valence-electron chi connectivity index (χ3n) is 5.27. The maximum Gasteiger partial charge on any atom is 0.261 e. The third-order valence-corrected chi connectivity index (χ3v) is 6.82.